The number of carbonyl (C=O) groups is 1. The SMILES string of the molecule is Cc1cc2ccc1-2.O=CO. The van der Waals surface area contributed by atoms with Crippen molar-refractivity contribution in [1.29, 1.82) is 0 Å². The fourth-order valence-corrected chi connectivity index (χ4v) is 0.981. The van der Waals surface area contributed by atoms with Gasteiger partial charge in [-0.3, -0.25) is 4.79 Å². The zero-order valence-electron chi connectivity index (χ0n) is 5.66. The van der Waals surface area contributed by atoms with E-state index in [0.29, 0.717) is 0 Å². The normalized spacial score (nSPS) is 9.30. The van der Waals surface area contributed by atoms with Crippen LogP contribution < -0.4 is 0 Å². The topological polar surface area (TPSA) is 37.3 Å². The third-order valence-corrected chi connectivity index (χ3v) is 1.54. The summed E-state index contributed by atoms with van der Waals surface area (Å²) in [5, 5.41) is 6.89. The summed E-state index contributed by atoms with van der Waals surface area (Å²) in [5.41, 5.74) is 4.36. The van der Waals surface area contributed by atoms with Gasteiger partial charge in [0.25, 0.3) is 6.47 Å². The molecular weight excluding hydrogens is 128 g/mol. The molecule has 10 heavy (non-hydrogen) atoms. The maximum atomic E-state index is 8.36. The molecule has 0 heterocycles. The van der Waals surface area contributed by atoms with Gasteiger partial charge in [-0.15, -0.1) is 0 Å². The number of hydrogen-bond acceptors (Lipinski definition) is 1. The molecule has 2 rings (SSSR count). The van der Waals surface area contributed by atoms with Crippen molar-refractivity contribution in [1.82, 2.24) is 0 Å². The van der Waals surface area contributed by atoms with E-state index in [0.717, 1.165) is 0 Å². The number of benzene rings is 1. The molecule has 0 fully saturated rings. The molecule has 0 aliphatic heterocycles. The molecule has 0 unspecified atom stereocenters. The minimum Gasteiger partial charge on any atom is -0.483 e. The van der Waals surface area contributed by atoms with Crippen LogP contribution in [0.4, 0.5) is 0 Å². The molecule has 0 atom stereocenters. The van der Waals surface area contributed by atoms with Crippen molar-refractivity contribution in [3.63, 3.8) is 0 Å². The first kappa shape index (κ1) is 6.81. The zero-order chi connectivity index (χ0) is 7.56. The van der Waals surface area contributed by atoms with Crippen molar-refractivity contribution in [2.24, 2.45) is 0 Å². The lowest BCUT2D eigenvalue weighted by atomic mass is 9.88. The Bertz CT molecular complexity index is 253. The Morgan fingerprint density at radius 3 is 2.10 bits per heavy atom. The van der Waals surface area contributed by atoms with Gasteiger partial charge in [-0.1, -0.05) is 18.2 Å². The van der Waals surface area contributed by atoms with Crippen LogP contribution in [0.2, 0.25) is 0 Å². The van der Waals surface area contributed by atoms with E-state index < -0.39 is 0 Å². The van der Waals surface area contributed by atoms with Gasteiger partial charge in [-0.2, -0.15) is 0 Å². The molecule has 0 aromatic rings. The van der Waals surface area contributed by atoms with Crippen LogP contribution in [0.5, 0.6) is 0 Å². The average molecular weight is 136 g/mol. The van der Waals surface area contributed by atoms with Gasteiger partial charge >= 0.3 is 0 Å². The molecule has 0 saturated heterocycles. The predicted octanol–water partition coefficient (Wildman–Crippen LogP) is 1.68. The van der Waals surface area contributed by atoms with E-state index in [2.05, 4.69) is 25.1 Å². The number of aryl methyl sites for hydroxylation is 1. The quantitative estimate of drug-likeness (QED) is 0.559. The fourth-order valence-electron chi connectivity index (χ4n) is 0.981. The molecule has 0 radical (unpaired) electrons. The van der Waals surface area contributed by atoms with Crippen molar-refractivity contribution in [3.05, 3.63) is 23.8 Å². The maximum Gasteiger partial charge on any atom is 0.290 e. The van der Waals surface area contributed by atoms with Crippen LogP contribution in [0.3, 0.4) is 0 Å². The summed E-state index contributed by atoms with van der Waals surface area (Å²) in [5.74, 6) is 0. The fraction of sp³-hybridized carbons (Fsp3) is 0.125. The molecule has 2 heteroatoms. The second kappa shape index (κ2) is 2.52. The van der Waals surface area contributed by atoms with Gasteiger partial charge in [0.1, 0.15) is 0 Å². The van der Waals surface area contributed by atoms with Gasteiger partial charge in [-0.05, 0) is 23.6 Å². The zero-order valence-corrected chi connectivity index (χ0v) is 5.66. The van der Waals surface area contributed by atoms with Crippen LogP contribution in [0.15, 0.2) is 18.2 Å². The van der Waals surface area contributed by atoms with Crippen LogP contribution in [0, 0.1) is 6.92 Å². The van der Waals surface area contributed by atoms with Gasteiger partial charge in [-0.25, -0.2) is 0 Å². The van der Waals surface area contributed by atoms with E-state index >= 15 is 0 Å². The number of carboxylic acid groups (broad SMARTS) is 1. The minimum atomic E-state index is -0.250. The summed E-state index contributed by atoms with van der Waals surface area (Å²) in [7, 11) is 0. The molecule has 0 spiro atoms. The van der Waals surface area contributed by atoms with Crippen LogP contribution in [0.1, 0.15) is 5.56 Å². The Morgan fingerprint density at radius 1 is 1.50 bits per heavy atom. The maximum absolute atomic E-state index is 8.36. The highest BCUT2D eigenvalue weighted by atomic mass is 16.3. The third-order valence-electron chi connectivity index (χ3n) is 1.54. The van der Waals surface area contributed by atoms with Crippen molar-refractivity contribution < 1.29 is 9.90 Å². The summed E-state index contributed by atoms with van der Waals surface area (Å²) in [4.78, 5) is 8.36. The van der Waals surface area contributed by atoms with Crippen molar-refractivity contribution >= 4 is 6.47 Å². The minimum absolute atomic E-state index is 0.250. The molecule has 0 saturated carbocycles. The highest BCUT2D eigenvalue weighted by molar-refractivity contribution is 5.80. The predicted molar refractivity (Wildman–Crippen MR) is 38.9 cm³/mol. The van der Waals surface area contributed by atoms with E-state index in [4.69, 9.17) is 9.90 Å². The summed E-state index contributed by atoms with van der Waals surface area (Å²) in [6.07, 6.45) is 0. The Balaban J connectivity index is 0.000000148. The van der Waals surface area contributed by atoms with Gasteiger partial charge in [0.15, 0.2) is 0 Å². The first-order valence-corrected chi connectivity index (χ1v) is 2.98. The lowest BCUT2D eigenvalue weighted by Gasteiger charge is -2.17. The molecule has 2 aliphatic carbocycles. The summed E-state index contributed by atoms with van der Waals surface area (Å²) in [6, 6.07) is 6.50. The van der Waals surface area contributed by atoms with Crippen LogP contribution >= 0.6 is 0 Å². The van der Waals surface area contributed by atoms with Gasteiger partial charge < -0.3 is 5.11 Å². The lowest BCUT2D eigenvalue weighted by Crippen LogP contribution is -1.93. The van der Waals surface area contributed by atoms with E-state index in [1.54, 1.807) is 0 Å². The van der Waals surface area contributed by atoms with E-state index in [1.807, 2.05) is 0 Å². The first-order valence-electron chi connectivity index (χ1n) is 2.98. The first-order chi connectivity index (χ1) is 4.79. The molecule has 2 aliphatic rings. The Hall–Kier alpha value is -1.31. The lowest BCUT2D eigenvalue weighted by molar-refractivity contribution is -0.122. The van der Waals surface area contributed by atoms with Crippen LogP contribution in [0.25, 0.3) is 11.1 Å². The Kier molecular flexibility index (Phi) is 1.71. The molecule has 1 N–H and O–H groups in total. The van der Waals surface area contributed by atoms with Crippen LogP contribution in [-0.2, 0) is 4.79 Å². The Labute approximate surface area is 59.1 Å². The standard InChI is InChI=1S/C7H6.CH2O2/c1-5-4-6-2-3-7(5)6;2-1-3/h2-4H,1H3;1H,(H,2,3). The second-order valence-electron chi connectivity index (χ2n) is 2.14. The summed E-state index contributed by atoms with van der Waals surface area (Å²) in [6.45, 7) is 1.89. The molecule has 0 aromatic heterocycles. The van der Waals surface area contributed by atoms with Crippen LogP contribution in [-0.4, -0.2) is 11.6 Å². The van der Waals surface area contributed by atoms with E-state index in [1.165, 1.54) is 16.7 Å². The van der Waals surface area contributed by atoms with E-state index in [9.17, 15) is 0 Å². The van der Waals surface area contributed by atoms with Gasteiger partial charge in [0.2, 0.25) is 0 Å². The highest BCUT2D eigenvalue weighted by Crippen LogP contribution is 2.35. The molecule has 0 bridgehead atoms. The Morgan fingerprint density at radius 2 is 2.10 bits per heavy atom. The largest absolute Gasteiger partial charge is 0.483 e. The summed E-state index contributed by atoms with van der Waals surface area (Å²) < 4.78 is 0. The van der Waals surface area contributed by atoms with Crippen molar-refractivity contribution in [3.8, 4) is 11.1 Å². The smallest absolute Gasteiger partial charge is 0.290 e. The van der Waals surface area contributed by atoms with Gasteiger partial charge in [0, 0.05) is 0 Å². The number of fused-ring (bicyclic) bond motifs is 1. The summed E-state index contributed by atoms with van der Waals surface area (Å²) >= 11 is 0. The third kappa shape index (κ3) is 0.880. The number of hydrogen-bond donors (Lipinski definition) is 1. The average Bonchev–Trinajstić information content (AvgIpc) is 1.84. The van der Waals surface area contributed by atoms with Crippen molar-refractivity contribution in [2.45, 2.75) is 6.92 Å². The molecular formula is C8H8O2. The molecule has 0 amide bonds. The van der Waals surface area contributed by atoms with E-state index in [-0.39, 0.29) is 6.47 Å². The number of rotatable bonds is 0. The monoisotopic (exact) mass is 136 g/mol. The van der Waals surface area contributed by atoms with Crippen molar-refractivity contribution in [2.75, 3.05) is 0 Å². The highest BCUT2D eigenvalue weighted by Gasteiger charge is 2.10. The second-order valence-corrected chi connectivity index (χ2v) is 2.14. The molecule has 0 aromatic carbocycles. The van der Waals surface area contributed by atoms with Gasteiger partial charge in [0.05, 0.1) is 0 Å². The molecule has 52 valence electrons. The molecule has 2 nitrogen and oxygen atoms in total.